The van der Waals surface area contributed by atoms with Crippen LogP contribution in [0.2, 0.25) is 0 Å². The smallest absolute Gasteiger partial charge is 0.227 e. The number of hydrogen-bond donors (Lipinski definition) is 0. The molecule has 5 rings (SSSR count). The zero-order chi connectivity index (χ0) is 18.2. The Kier molecular flexibility index (Phi) is 4.15. The van der Waals surface area contributed by atoms with Gasteiger partial charge in [0.15, 0.2) is 0 Å². The number of ether oxygens (including phenoxy) is 2. The van der Waals surface area contributed by atoms with E-state index in [1.807, 2.05) is 11.0 Å². The van der Waals surface area contributed by atoms with Gasteiger partial charge in [0.25, 0.3) is 0 Å². The van der Waals surface area contributed by atoms with Crippen molar-refractivity contribution >= 4 is 11.6 Å². The predicted molar refractivity (Wildman–Crippen MR) is 104 cm³/mol. The van der Waals surface area contributed by atoms with E-state index in [1.165, 1.54) is 16.8 Å². The van der Waals surface area contributed by atoms with Crippen LogP contribution in [0.1, 0.15) is 16.7 Å². The molecule has 2 aromatic carbocycles. The number of hydrogen-bond acceptors (Lipinski definition) is 4. The van der Waals surface area contributed by atoms with E-state index in [4.69, 9.17) is 9.47 Å². The number of carbonyl (C=O) groups excluding carboxylic acids is 1. The van der Waals surface area contributed by atoms with Crippen LogP contribution in [-0.2, 0) is 24.1 Å². The van der Waals surface area contributed by atoms with E-state index in [1.54, 1.807) is 0 Å². The van der Waals surface area contributed by atoms with Crippen LogP contribution in [0.5, 0.6) is 11.5 Å². The van der Waals surface area contributed by atoms with Crippen molar-refractivity contribution in [3.63, 3.8) is 0 Å². The van der Waals surface area contributed by atoms with E-state index < -0.39 is 0 Å². The minimum Gasteiger partial charge on any atom is -0.493 e. The molecule has 3 aliphatic heterocycles. The van der Waals surface area contributed by atoms with Crippen molar-refractivity contribution < 1.29 is 14.3 Å². The number of nitrogens with zero attached hydrogens (tertiary/aromatic N) is 2. The van der Waals surface area contributed by atoms with Gasteiger partial charge in [-0.05, 0) is 18.2 Å². The Morgan fingerprint density at radius 1 is 0.963 bits per heavy atom. The van der Waals surface area contributed by atoms with Gasteiger partial charge in [-0.3, -0.25) is 4.79 Å². The standard InChI is InChI=1S/C22H24N2O3/c25-21(24-10-8-23(9-11-24)17-4-2-1-3-5-17)15-19-18-7-13-26-20(18)14-16-6-12-27-22(16)19/h1-5,14H,6-13,15H2. The molecule has 140 valence electrons. The summed E-state index contributed by atoms with van der Waals surface area (Å²) in [6, 6.07) is 12.5. The molecule has 1 saturated heterocycles. The highest BCUT2D eigenvalue weighted by atomic mass is 16.5. The third-order valence-corrected chi connectivity index (χ3v) is 5.84. The first-order chi connectivity index (χ1) is 13.3. The fourth-order valence-electron chi connectivity index (χ4n) is 4.39. The summed E-state index contributed by atoms with van der Waals surface area (Å²) < 4.78 is 11.7. The molecule has 5 nitrogen and oxygen atoms in total. The van der Waals surface area contributed by atoms with Gasteiger partial charge in [0.2, 0.25) is 5.91 Å². The van der Waals surface area contributed by atoms with E-state index in [0.29, 0.717) is 19.6 Å². The molecule has 27 heavy (non-hydrogen) atoms. The molecule has 3 aliphatic rings. The highest BCUT2D eigenvalue weighted by Gasteiger charge is 2.29. The summed E-state index contributed by atoms with van der Waals surface area (Å²) in [4.78, 5) is 17.4. The van der Waals surface area contributed by atoms with Gasteiger partial charge in [0.05, 0.1) is 19.6 Å². The first-order valence-electron chi connectivity index (χ1n) is 9.80. The van der Waals surface area contributed by atoms with E-state index in [9.17, 15) is 4.79 Å². The fraction of sp³-hybridized carbons (Fsp3) is 0.409. The maximum atomic E-state index is 13.0. The summed E-state index contributed by atoms with van der Waals surface area (Å²) >= 11 is 0. The van der Waals surface area contributed by atoms with E-state index >= 15 is 0 Å². The summed E-state index contributed by atoms with van der Waals surface area (Å²) in [5, 5.41) is 0. The number of para-hydroxylation sites is 1. The van der Waals surface area contributed by atoms with Gasteiger partial charge in [-0.25, -0.2) is 0 Å². The van der Waals surface area contributed by atoms with Gasteiger partial charge in [-0.15, -0.1) is 0 Å². The van der Waals surface area contributed by atoms with Crippen molar-refractivity contribution in [3.05, 3.63) is 53.1 Å². The molecule has 2 aromatic rings. The molecule has 3 heterocycles. The lowest BCUT2D eigenvalue weighted by molar-refractivity contribution is -0.130. The lowest BCUT2D eigenvalue weighted by Crippen LogP contribution is -2.49. The summed E-state index contributed by atoms with van der Waals surface area (Å²) in [5.74, 6) is 2.09. The Morgan fingerprint density at radius 3 is 2.56 bits per heavy atom. The minimum atomic E-state index is 0.195. The number of fused-ring (bicyclic) bond motifs is 2. The number of piperazine rings is 1. The Balaban J connectivity index is 1.30. The first kappa shape index (κ1) is 16.5. The summed E-state index contributed by atoms with van der Waals surface area (Å²) in [6.07, 6.45) is 2.19. The number of carbonyl (C=O) groups is 1. The molecule has 0 saturated carbocycles. The molecule has 0 bridgehead atoms. The summed E-state index contributed by atoms with van der Waals surface area (Å²) in [5.41, 5.74) is 4.65. The van der Waals surface area contributed by atoms with Crippen molar-refractivity contribution in [1.82, 2.24) is 4.90 Å². The van der Waals surface area contributed by atoms with Crippen LogP contribution in [-0.4, -0.2) is 50.2 Å². The van der Waals surface area contributed by atoms with E-state index in [-0.39, 0.29) is 5.91 Å². The second-order valence-electron chi connectivity index (χ2n) is 7.40. The van der Waals surface area contributed by atoms with Gasteiger partial charge >= 0.3 is 0 Å². The molecule has 0 aliphatic carbocycles. The quantitative estimate of drug-likeness (QED) is 0.839. The third kappa shape index (κ3) is 3.01. The second kappa shape index (κ2) is 6.80. The average molecular weight is 364 g/mol. The fourth-order valence-corrected chi connectivity index (χ4v) is 4.39. The topological polar surface area (TPSA) is 42.0 Å². The number of benzene rings is 2. The van der Waals surface area contributed by atoms with Crippen molar-refractivity contribution in [2.24, 2.45) is 0 Å². The SMILES string of the molecule is O=C(Cc1c2c(cc3c1OCC3)OCC2)N1CCN(c2ccccc2)CC1. The predicted octanol–water partition coefficient (Wildman–Crippen LogP) is 2.45. The normalized spacial score (nSPS) is 17.9. The summed E-state index contributed by atoms with van der Waals surface area (Å²) in [7, 11) is 0. The van der Waals surface area contributed by atoms with Crippen molar-refractivity contribution in [2.45, 2.75) is 19.3 Å². The Morgan fingerprint density at radius 2 is 1.74 bits per heavy atom. The molecule has 1 amide bonds. The zero-order valence-corrected chi connectivity index (χ0v) is 15.4. The summed E-state index contributed by atoms with van der Waals surface area (Å²) in [6.45, 7) is 4.69. The molecule has 5 heteroatoms. The van der Waals surface area contributed by atoms with Crippen LogP contribution in [0.15, 0.2) is 36.4 Å². The van der Waals surface area contributed by atoms with Crippen LogP contribution in [0, 0.1) is 0 Å². The largest absolute Gasteiger partial charge is 0.493 e. The van der Waals surface area contributed by atoms with Crippen molar-refractivity contribution in [3.8, 4) is 11.5 Å². The highest BCUT2D eigenvalue weighted by molar-refractivity contribution is 5.81. The molecule has 0 atom stereocenters. The molecule has 0 radical (unpaired) electrons. The lowest BCUT2D eigenvalue weighted by atomic mass is 9.96. The van der Waals surface area contributed by atoms with Gasteiger partial charge in [-0.1, -0.05) is 18.2 Å². The monoisotopic (exact) mass is 364 g/mol. The third-order valence-electron chi connectivity index (χ3n) is 5.84. The van der Waals surface area contributed by atoms with Gasteiger partial charge in [-0.2, -0.15) is 0 Å². The molecule has 1 fully saturated rings. The molecule has 0 aromatic heterocycles. The Hall–Kier alpha value is -2.69. The van der Waals surface area contributed by atoms with E-state index in [2.05, 4.69) is 35.2 Å². The van der Waals surface area contributed by atoms with Crippen molar-refractivity contribution in [1.29, 1.82) is 0 Å². The van der Waals surface area contributed by atoms with Gasteiger partial charge in [0.1, 0.15) is 11.5 Å². The highest BCUT2D eigenvalue weighted by Crippen LogP contribution is 2.41. The molecular formula is C22H24N2O3. The average Bonchev–Trinajstić information content (AvgIpc) is 3.38. The zero-order valence-electron chi connectivity index (χ0n) is 15.4. The lowest BCUT2D eigenvalue weighted by Gasteiger charge is -2.36. The maximum absolute atomic E-state index is 13.0. The van der Waals surface area contributed by atoms with Crippen LogP contribution >= 0.6 is 0 Å². The molecule has 0 spiro atoms. The first-order valence-corrected chi connectivity index (χ1v) is 9.80. The van der Waals surface area contributed by atoms with E-state index in [0.717, 1.165) is 56.1 Å². The second-order valence-corrected chi connectivity index (χ2v) is 7.40. The minimum absolute atomic E-state index is 0.195. The number of amides is 1. The Bertz CT molecular complexity index is 825. The number of rotatable bonds is 3. The molecule has 0 N–H and O–H groups in total. The van der Waals surface area contributed by atoms with Crippen molar-refractivity contribution in [2.75, 3.05) is 44.3 Å². The number of anilines is 1. The van der Waals surface area contributed by atoms with Crippen LogP contribution < -0.4 is 14.4 Å². The van der Waals surface area contributed by atoms with Crippen LogP contribution in [0.4, 0.5) is 5.69 Å². The molecule has 0 unspecified atom stereocenters. The van der Waals surface area contributed by atoms with Gasteiger partial charge < -0.3 is 19.3 Å². The van der Waals surface area contributed by atoms with Crippen LogP contribution in [0.3, 0.4) is 0 Å². The Labute approximate surface area is 159 Å². The van der Waals surface area contributed by atoms with Gasteiger partial charge in [0, 0.05) is 61.4 Å². The van der Waals surface area contributed by atoms with Crippen LogP contribution in [0.25, 0.3) is 0 Å². The maximum Gasteiger partial charge on any atom is 0.227 e. The molecular weight excluding hydrogens is 340 g/mol.